The summed E-state index contributed by atoms with van der Waals surface area (Å²) in [7, 11) is 0. The van der Waals surface area contributed by atoms with Gasteiger partial charge in [0.05, 0.1) is 5.69 Å². The van der Waals surface area contributed by atoms with Crippen LogP contribution in [0.5, 0.6) is 0 Å². The zero-order valence-corrected chi connectivity index (χ0v) is 9.38. The minimum atomic E-state index is -0.117. The van der Waals surface area contributed by atoms with Crippen molar-refractivity contribution in [3.8, 4) is 5.69 Å². The number of hydrogen-bond acceptors (Lipinski definition) is 2. The van der Waals surface area contributed by atoms with E-state index >= 15 is 0 Å². The molecule has 0 bridgehead atoms. The second-order valence-corrected chi connectivity index (χ2v) is 4.00. The molecule has 2 aromatic rings. The van der Waals surface area contributed by atoms with Gasteiger partial charge in [-0.3, -0.25) is 4.79 Å². The number of nitrogens with zero attached hydrogens (tertiary/aromatic N) is 2. The van der Waals surface area contributed by atoms with Crippen LogP contribution < -0.4 is 5.56 Å². The summed E-state index contributed by atoms with van der Waals surface area (Å²) in [6.07, 6.45) is 1.60. The Morgan fingerprint density at radius 2 is 1.86 bits per heavy atom. The number of rotatable bonds is 1. The van der Waals surface area contributed by atoms with Crippen LogP contribution in [0, 0.1) is 3.57 Å². The Hall–Kier alpha value is -1.17. The second kappa shape index (κ2) is 3.91. The van der Waals surface area contributed by atoms with Crippen LogP contribution in [-0.4, -0.2) is 9.78 Å². The molecule has 70 valence electrons. The summed E-state index contributed by atoms with van der Waals surface area (Å²) in [5, 5.41) is 3.98. The highest BCUT2D eigenvalue weighted by molar-refractivity contribution is 14.1. The number of hydrogen-bond donors (Lipinski definition) is 0. The molecule has 0 aliphatic heterocycles. The van der Waals surface area contributed by atoms with Gasteiger partial charge in [-0.25, -0.2) is 0 Å². The van der Waals surface area contributed by atoms with Crippen molar-refractivity contribution >= 4 is 22.6 Å². The van der Waals surface area contributed by atoms with E-state index in [-0.39, 0.29) is 5.56 Å². The molecule has 0 spiro atoms. The maximum Gasteiger partial charge on any atom is 0.271 e. The van der Waals surface area contributed by atoms with Gasteiger partial charge in [0.1, 0.15) is 0 Å². The summed E-state index contributed by atoms with van der Waals surface area (Å²) in [6, 6.07) is 10.7. The second-order valence-electron chi connectivity index (χ2n) is 2.75. The highest BCUT2D eigenvalue weighted by Crippen LogP contribution is 2.08. The fourth-order valence-corrected chi connectivity index (χ4v) is 1.49. The SMILES string of the molecule is O=c1cccnn1-c1ccc(I)cc1. The molecule has 0 N–H and O–H groups in total. The molecule has 3 nitrogen and oxygen atoms in total. The van der Waals surface area contributed by atoms with Crippen molar-refractivity contribution in [2.75, 3.05) is 0 Å². The Morgan fingerprint density at radius 1 is 1.14 bits per heavy atom. The molecule has 14 heavy (non-hydrogen) atoms. The average molecular weight is 298 g/mol. The van der Waals surface area contributed by atoms with Gasteiger partial charge in [0, 0.05) is 15.8 Å². The van der Waals surface area contributed by atoms with Crippen LogP contribution in [0.3, 0.4) is 0 Å². The van der Waals surface area contributed by atoms with Crippen LogP contribution in [0.1, 0.15) is 0 Å². The van der Waals surface area contributed by atoms with E-state index in [0.717, 1.165) is 9.26 Å². The number of aromatic nitrogens is 2. The van der Waals surface area contributed by atoms with Crippen molar-refractivity contribution in [3.63, 3.8) is 0 Å². The summed E-state index contributed by atoms with van der Waals surface area (Å²) >= 11 is 2.22. The minimum Gasteiger partial charge on any atom is -0.267 e. The van der Waals surface area contributed by atoms with E-state index < -0.39 is 0 Å². The fraction of sp³-hybridized carbons (Fsp3) is 0. The molecule has 2 rings (SSSR count). The lowest BCUT2D eigenvalue weighted by Gasteiger charge is -2.02. The van der Waals surface area contributed by atoms with E-state index in [1.807, 2.05) is 24.3 Å². The van der Waals surface area contributed by atoms with Crippen LogP contribution >= 0.6 is 22.6 Å². The van der Waals surface area contributed by atoms with E-state index in [1.54, 1.807) is 12.3 Å². The maximum atomic E-state index is 11.4. The smallest absolute Gasteiger partial charge is 0.267 e. The first-order chi connectivity index (χ1) is 6.77. The van der Waals surface area contributed by atoms with E-state index in [1.165, 1.54) is 10.7 Å². The van der Waals surface area contributed by atoms with Crippen molar-refractivity contribution < 1.29 is 0 Å². The summed E-state index contributed by atoms with van der Waals surface area (Å²) in [6.45, 7) is 0. The molecule has 0 saturated heterocycles. The highest BCUT2D eigenvalue weighted by atomic mass is 127. The number of halogens is 1. The first-order valence-corrected chi connectivity index (χ1v) is 5.15. The van der Waals surface area contributed by atoms with Gasteiger partial charge in [-0.1, -0.05) is 0 Å². The molecule has 1 aromatic heterocycles. The zero-order valence-electron chi connectivity index (χ0n) is 7.22. The van der Waals surface area contributed by atoms with Crippen molar-refractivity contribution in [3.05, 3.63) is 56.5 Å². The van der Waals surface area contributed by atoms with Gasteiger partial charge in [-0.15, -0.1) is 0 Å². The molecule has 0 amide bonds. The summed E-state index contributed by atoms with van der Waals surface area (Å²) in [5.41, 5.74) is 0.671. The van der Waals surface area contributed by atoms with Gasteiger partial charge >= 0.3 is 0 Å². The highest BCUT2D eigenvalue weighted by Gasteiger charge is 1.98. The van der Waals surface area contributed by atoms with Crippen LogP contribution in [0.15, 0.2) is 47.4 Å². The largest absolute Gasteiger partial charge is 0.271 e. The van der Waals surface area contributed by atoms with E-state index in [4.69, 9.17) is 0 Å². The van der Waals surface area contributed by atoms with Gasteiger partial charge in [-0.2, -0.15) is 9.78 Å². The van der Waals surface area contributed by atoms with E-state index in [9.17, 15) is 4.79 Å². The van der Waals surface area contributed by atoms with Gasteiger partial charge in [0.2, 0.25) is 0 Å². The molecule has 0 fully saturated rings. The summed E-state index contributed by atoms with van der Waals surface area (Å²) in [5.74, 6) is 0. The lowest BCUT2D eigenvalue weighted by atomic mass is 10.3. The van der Waals surface area contributed by atoms with Crippen LogP contribution in [-0.2, 0) is 0 Å². The van der Waals surface area contributed by atoms with Crippen molar-refractivity contribution in [2.24, 2.45) is 0 Å². The Bertz CT molecular complexity index is 490. The maximum absolute atomic E-state index is 11.4. The predicted octanol–water partition coefficient (Wildman–Crippen LogP) is 1.84. The Kier molecular flexibility index (Phi) is 2.62. The van der Waals surface area contributed by atoms with Gasteiger partial charge < -0.3 is 0 Å². The van der Waals surface area contributed by atoms with Gasteiger partial charge in [0.25, 0.3) is 5.56 Å². The summed E-state index contributed by atoms with van der Waals surface area (Å²) in [4.78, 5) is 11.4. The third-order valence-corrected chi connectivity index (χ3v) is 2.51. The molecule has 1 heterocycles. The molecular weight excluding hydrogens is 291 g/mol. The lowest BCUT2D eigenvalue weighted by molar-refractivity contribution is 0.806. The molecule has 0 aliphatic rings. The standard InChI is InChI=1S/C10H7IN2O/c11-8-3-5-9(6-4-8)13-10(14)2-1-7-12-13/h1-7H. The Labute approximate surface area is 94.5 Å². The number of benzene rings is 1. The minimum absolute atomic E-state index is 0.117. The zero-order chi connectivity index (χ0) is 9.97. The third-order valence-electron chi connectivity index (χ3n) is 1.79. The molecule has 0 radical (unpaired) electrons. The van der Waals surface area contributed by atoms with Crippen LogP contribution in [0.25, 0.3) is 5.69 Å². The molecule has 0 unspecified atom stereocenters. The first-order valence-electron chi connectivity index (χ1n) is 4.08. The fourth-order valence-electron chi connectivity index (χ4n) is 1.13. The summed E-state index contributed by atoms with van der Waals surface area (Å²) < 4.78 is 2.51. The van der Waals surface area contributed by atoms with E-state index in [0.29, 0.717) is 0 Å². The molecule has 0 aliphatic carbocycles. The lowest BCUT2D eigenvalue weighted by Crippen LogP contribution is -2.18. The van der Waals surface area contributed by atoms with Gasteiger partial charge in [-0.05, 0) is 52.9 Å². The molecule has 0 saturated carbocycles. The molecular formula is C10H7IN2O. The van der Waals surface area contributed by atoms with Crippen LogP contribution in [0.2, 0.25) is 0 Å². The normalized spacial score (nSPS) is 10.1. The van der Waals surface area contributed by atoms with E-state index in [2.05, 4.69) is 27.7 Å². The quantitative estimate of drug-likeness (QED) is 0.753. The van der Waals surface area contributed by atoms with Crippen molar-refractivity contribution in [1.29, 1.82) is 0 Å². The van der Waals surface area contributed by atoms with Crippen molar-refractivity contribution in [2.45, 2.75) is 0 Å². The molecule has 1 aromatic carbocycles. The van der Waals surface area contributed by atoms with Gasteiger partial charge in [0.15, 0.2) is 0 Å². The Balaban J connectivity index is 2.56. The first kappa shape index (κ1) is 9.39. The molecule has 4 heteroatoms. The topological polar surface area (TPSA) is 34.9 Å². The Morgan fingerprint density at radius 3 is 2.50 bits per heavy atom. The average Bonchev–Trinajstić information content (AvgIpc) is 2.20. The predicted molar refractivity (Wildman–Crippen MR) is 62.6 cm³/mol. The monoisotopic (exact) mass is 298 g/mol. The van der Waals surface area contributed by atoms with Crippen molar-refractivity contribution in [1.82, 2.24) is 9.78 Å². The third kappa shape index (κ3) is 1.84. The van der Waals surface area contributed by atoms with Crippen LogP contribution in [0.4, 0.5) is 0 Å². The molecule has 0 atom stereocenters.